The van der Waals surface area contributed by atoms with E-state index < -0.39 is 0 Å². The second kappa shape index (κ2) is 10.3. The molecular formula is C26H25N3O2S. The number of hydrogen-bond donors (Lipinski definition) is 0. The molecule has 0 fully saturated rings. The lowest BCUT2D eigenvalue weighted by Crippen LogP contribution is -2.31. The minimum absolute atomic E-state index is 0.0219. The zero-order chi connectivity index (χ0) is 22.3. The van der Waals surface area contributed by atoms with Crippen LogP contribution in [0.1, 0.15) is 22.3 Å². The molecule has 0 bridgehead atoms. The van der Waals surface area contributed by atoms with E-state index in [1.165, 1.54) is 22.9 Å². The van der Waals surface area contributed by atoms with Crippen molar-refractivity contribution in [3.63, 3.8) is 0 Å². The predicted octanol–water partition coefficient (Wildman–Crippen LogP) is 5.67. The van der Waals surface area contributed by atoms with Crippen molar-refractivity contribution < 1.29 is 9.21 Å². The van der Waals surface area contributed by atoms with Crippen molar-refractivity contribution in [2.24, 2.45) is 0 Å². The van der Waals surface area contributed by atoms with Gasteiger partial charge in [-0.05, 0) is 48.2 Å². The lowest BCUT2D eigenvalue weighted by atomic mass is 10.1. The maximum absolute atomic E-state index is 13.1. The molecule has 0 atom stereocenters. The maximum atomic E-state index is 13.1. The first-order valence-electron chi connectivity index (χ1n) is 10.5. The molecule has 0 saturated carbocycles. The Morgan fingerprint density at radius 1 is 0.844 bits per heavy atom. The zero-order valence-corrected chi connectivity index (χ0v) is 19.0. The highest BCUT2D eigenvalue weighted by Crippen LogP contribution is 2.25. The average molecular weight is 444 g/mol. The van der Waals surface area contributed by atoms with Crippen LogP contribution in [0.2, 0.25) is 0 Å². The normalized spacial score (nSPS) is 10.8. The lowest BCUT2D eigenvalue weighted by Gasteiger charge is -2.23. The smallest absolute Gasteiger partial charge is 0.277 e. The van der Waals surface area contributed by atoms with Gasteiger partial charge in [-0.15, -0.1) is 10.2 Å². The van der Waals surface area contributed by atoms with Crippen molar-refractivity contribution in [3.8, 4) is 11.5 Å². The summed E-state index contributed by atoms with van der Waals surface area (Å²) in [5.41, 5.74) is 5.45. The van der Waals surface area contributed by atoms with Gasteiger partial charge in [-0.25, -0.2) is 0 Å². The van der Waals surface area contributed by atoms with Gasteiger partial charge in [0.1, 0.15) is 0 Å². The Kier molecular flexibility index (Phi) is 7.02. The van der Waals surface area contributed by atoms with Crippen LogP contribution in [0.4, 0.5) is 0 Å². The molecule has 4 rings (SSSR count). The third-order valence-electron chi connectivity index (χ3n) is 5.26. The molecule has 0 aliphatic heterocycles. The first-order valence-corrected chi connectivity index (χ1v) is 11.5. The van der Waals surface area contributed by atoms with Crippen LogP contribution in [-0.2, 0) is 17.9 Å². The van der Waals surface area contributed by atoms with E-state index in [1.54, 1.807) is 0 Å². The summed E-state index contributed by atoms with van der Waals surface area (Å²) < 4.78 is 5.80. The molecule has 6 heteroatoms. The van der Waals surface area contributed by atoms with Crippen LogP contribution < -0.4 is 0 Å². The molecule has 32 heavy (non-hydrogen) atoms. The number of aryl methyl sites for hydroxylation is 2. The Morgan fingerprint density at radius 2 is 1.47 bits per heavy atom. The number of carbonyl (C=O) groups is 1. The molecule has 1 aromatic heterocycles. The molecule has 0 radical (unpaired) electrons. The number of nitrogens with zero attached hydrogens (tertiary/aromatic N) is 3. The summed E-state index contributed by atoms with van der Waals surface area (Å²) in [6.07, 6.45) is 0. The number of rotatable bonds is 8. The van der Waals surface area contributed by atoms with Crippen LogP contribution in [0.25, 0.3) is 11.5 Å². The monoisotopic (exact) mass is 443 g/mol. The first-order chi connectivity index (χ1) is 15.6. The molecule has 4 aromatic rings. The van der Waals surface area contributed by atoms with Gasteiger partial charge in [-0.3, -0.25) is 4.79 Å². The number of thioether (sulfide) groups is 1. The van der Waals surface area contributed by atoms with Crippen molar-refractivity contribution in [2.75, 3.05) is 5.75 Å². The van der Waals surface area contributed by atoms with Crippen molar-refractivity contribution in [1.29, 1.82) is 0 Å². The van der Waals surface area contributed by atoms with Crippen LogP contribution in [0.5, 0.6) is 0 Å². The van der Waals surface area contributed by atoms with E-state index in [9.17, 15) is 4.79 Å². The molecule has 0 aliphatic carbocycles. The predicted molar refractivity (Wildman–Crippen MR) is 127 cm³/mol. The van der Waals surface area contributed by atoms with E-state index in [1.807, 2.05) is 83.8 Å². The van der Waals surface area contributed by atoms with Crippen LogP contribution in [0.15, 0.2) is 88.5 Å². The Bertz CT molecular complexity index is 1130. The maximum Gasteiger partial charge on any atom is 0.277 e. The van der Waals surface area contributed by atoms with Crippen LogP contribution in [-0.4, -0.2) is 26.8 Å². The molecule has 1 heterocycles. The van der Waals surface area contributed by atoms with Crippen LogP contribution in [0.3, 0.4) is 0 Å². The van der Waals surface area contributed by atoms with E-state index in [4.69, 9.17) is 4.42 Å². The molecule has 1 amide bonds. The van der Waals surface area contributed by atoms with Gasteiger partial charge < -0.3 is 9.32 Å². The topological polar surface area (TPSA) is 59.2 Å². The fourth-order valence-corrected chi connectivity index (χ4v) is 3.98. The van der Waals surface area contributed by atoms with Crippen molar-refractivity contribution in [3.05, 3.63) is 101 Å². The standard InChI is InChI=1S/C26H25N3O2S/c1-19-13-14-23(15-20(19)2)25-27-28-26(31-25)32-18-24(30)29(16-21-9-5-3-6-10-21)17-22-11-7-4-8-12-22/h3-15H,16-18H2,1-2H3. The van der Waals surface area contributed by atoms with Gasteiger partial charge in [0.2, 0.25) is 11.8 Å². The number of aromatic nitrogens is 2. The lowest BCUT2D eigenvalue weighted by molar-refractivity contribution is -0.129. The SMILES string of the molecule is Cc1ccc(-c2nnc(SCC(=O)N(Cc3ccccc3)Cc3ccccc3)o2)cc1C. The molecule has 3 aromatic carbocycles. The van der Waals surface area contributed by atoms with E-state index in [2.05, 4.69) is 24.0 Å². The number of hydrogen-bond acceptors (Lipinski definition) is 5. The minimum atomic E-state index is 0.0219. The van der Waals surface area contributed by atoms with Gasteiger partial charge in [0.25, 0.3) is 5.22 Å². The van der Waals surface area contributed by atoms with Crippen molar-refractivity contribution >= 4 is 17.7 Å². The zero-order valence-electron chi connectivity index (χ0n) is 18.2. The van der Waals surface area contributed by atoms with Crippen molar-refractivity contribution in [1.82, 2.24) is 15.1 Å². The Morgan fingerprint density at radius 3 is 2.06 bits per heavy atom. The van der Waals surface area contributed by atoms with Gasteiger partial charge in [-0.1, -0.05) is 78.5 Å². The molecule has 0 saturated heterocycles. The second-order valence-corrected chi connectivity index (χ2v) is 8.61. The Hall–Kier alpha value is -3.38. The van der Waals surface area contributed by atoms with E-state index >= 15 is 0 Å². The highest BCUT2D eigenvalue weighted by molar-refractivity contribution is 7.99. The van der Waals surface area contributed by atoms with Crippen molar-refractivity contribution in [2.45, 2.75) is 32.2 Å². The van der Waals surface area contributed by atoms with Gasteiger partial charge >= 0.3 is 0 Å². The summed E-state index contributed by atoms with van der Waals surface area (Å²) >= 11 is 1.27. The molecule has 0 spiro atoms. The number of carbonyl (C=O) groups excluding carboxylic acids is 1. The first kappa shape index (κ1) is 21.8. The highest BCUT2D eigenvalue weighted by Gasteiger charge is 2.17. The van der Waals surface area contributed by atoms with E-state index in [-0.39, 0.29) is 11.7 Å². The summed E-state index contributed by atoms with van der Waals surface area (Å²) in [7, 11) is 0. The summed E-state index contributed by atoms with van der Waals surface area (Å²) in [5, 5.41) is 8.67. The summed E-state index contributed by atoms with van der Waals surface area (Å²) in [5.74, 6) is 0.718. The summed E-state index contributed by atoms with van der Waals surface area (Å²) in [6, 6.07) is 26.1. The van der Waals surface area contributed by atoms with Gasteiger partial charge in [0.05, 0.1) is 5.75 Å². The quantitative estimate of drug-likeness (QED) is 0.328. The molecule has 0 N–H and O–H groups in total. The third-order valence-corrected chi connectivity index (χ3v) is 6.07. The summed E-state index contributed by atoms with van der Waals surface area (Å²) in [4.78, 5) is 15.0. The van der Waals surface area contributed by atoms with Gasteiger partial charge in [-0.2, -0.15) is 0 Å². The van der Waals surface area contributed by atoms with Gasteiger partial charge in [0, 0.05) is 18.7 Å². The highest BCUT2D eigenvalue weighted by atomic mass is 32.2. The van der Waals surface area contributed by atoms with Crippen LogP contribution >= 0.6 is 11.8 Å². The van der Waals surface area contributed by atoms with E-state index in [0.717, 1.165) is 16.7 Å². The number of amides is 1. The Balaban J connectivity index is 1.43. The van der Waals surface area contributed by atoms with Gasteiger partial charge in [0.15, 0.2) is 0 Å². The van der Waals surface area contributed by atoms with E-state index in [0.29, 0.717) is 24.2 Å². The average Bonchev–Trinajstić information content (AvgIpc) is 3.29. The number of benzene rings is 3. The summed E-state index contributed by atoms with van der Waals surface area (Å²) in [6.45, 7) is 5.22. The Labute approximate surface area is 192 Å². The fraction of sp³-hybridized carbons (Fsp3) is 0.192. The minimum Gasteiger partial charge on any atom is -0.411 e. The third kappa shape index (κ3) is 5.65. The molecule has 162 valence electrons. The molecule has 0 unspecified atom stereocenters. The molecular weight excluding hydrogens is 418 g/mol. The molecule has 0 aliphatic rings. The second-order valence-electron chi connectivity index (χ2n) is 7.68. The van der Waals surface area contributed by atoms with Crippen LogP contribution in [0, 0.1) is 13.8 Å². The fourth-order valence-electron chi connectivity index (χ4n) is 3.31. The largest absolute Gasteiger partial charge is 0.411 e. The molecule has 5 nitrogen and oxygen atoms in total.